The number of likely N-dealkylation sites (N-methyl/N-ethyl adjacent to an activating group) is 1. The van der Waals surface area contributed by atoms with Gasteiger partial charge in [-0.05, 0) is 35.9 Å². The van der Waals surface area contributed by atoms with E-state index in [0.29, 0.717) is 11.5 Å². The molecule has 0 aromatic heterocycles. The highest BCUT2D eigenvalue weighted by Crippen LogP contribution is 2.46. The van der Waals surface area contributed by atoms with Crippen LogP contribution in [0.1, 0.15) is 19.4 Å². The number of nitrogens with zero attached hydrogens (tertiary/aromatic N) is 1. The quantitative estimate of drug-likeness (QED) is 0.528. The summed E-state index contributed by atoms with van der Waals surface area (Å²) < 4.78 is 15.5. The van der Waals surface area contributed by atoms with Crippen LogP contribution in [-0.4, -0.2) is 39.1 Å². The second-order valence-electron chi connectivity index (χ2n) is 7.32. The number of ketones is 1. The van der Waals surface area contributed by atoms with Gasteiger partial charge in [-0.15, -0.1) is 0 Å². The molecule has 6 heteroatoms. The number of hydrogen-bond donors (Lipinski definition) is 0. The Bertz CT molecular complexity index is 931. The van der Waals surface area contributed by atoms with E-state index < -0.39 is 5.97 Å². The first-order valence-corrected chi connectivity index (χ1v) is 9.33. The smallest absolute Gasteiger partial charge is 0.344 e. The molecule has 0 saturated heterocycles. The molecule has 0 aliphatic carbocycles. The van der Waals surface area contributed by atoms with Gasteiger partial charge < -0.3 is 19.1 Å². The van der Waals surface area contributed by atoms with Crippen molar-refractivity contribution in [1.82, 2.24) is 0 Å². The van der Waals surface area contributed by atoms with E-state index in [4.69, 9.17) is 14.2 Å². The maximum absolute atomic E-state index is 12.4. The second-order valence-corrected chi connectivity index (χ2v) is 7.32. The van der Waals surface area contributed by atoms with Crippen LogP contribution in [-0.2, 0) is 19.7 Å². The number of allylic oxidation sites excluding steroid dienone is 1. The van der Waals surface area contributed by atoms with Crippen LogP contribution in [0, 0.1) is 0 Å². The molecule has 2 aromatic rings. The molecule has 0 radical (unpaired) electrons. The maximum Gasteiger partial charge on any atom is 0.344 e. The van der Waals surface area contributed by atoms with Gasteiger partial charge in [-0.25, -0.2) is 4.79 Å². The van der Waals surface area contributed by atoms with Gasteiger partial charge in [-0.1, -0.05) is 32.0 Å². The van der Waals surface area contributed by atoms with E-state index in [9.17, 15) is 9.59 Å². The van der Waals surface area contributed by atoms with E-state index in [1.54, 1.807) is 37.5 Å². The van der Waals surface area contributed by atoms with Crippen molar-refractivity contribution in [3.8, 4) is 11.5 Å². The molecule has 0 saturated carbocycles. The minimum absolute atomic E-state index is 0.271. The molecule has 0 N–H and O–H groups in total. The Morgan fingerprint density at radius 2 is 1.66 bits per heavy atom. The summed E-state index contributed by atoms with van der Waals surface area (Å²) in [6, 6.07) is 14.9. The topological polar surface area (TPSA) is 65.1 Å². The fourth-order valence-corrected chi connectivity index (χ4v) is 3.46. The third kappa shape index (κ3) is 4.42. The molecule has 6 nitrogen and oxygen atoms in total. The molecule has 0 atom stereocenters. The molecule has 0 amide bonds. The molecule has 2 aromatic carbocycles. The molecule has 3 rings (SSSR count). The van der Waals surface area contributed by atoms with Crippen LogP contribution in [0.25, 0.3) is 0 Å². The summed E-state index contributed by atoms with van der Waals surface area (Å²) in [6.45, 7) is 3.55. The number of fused-ring (bicyclic) bond motifs is 1. The van der Waals surface area contributed by atoms with Gasteiger partial charge >= 0.3 is 5.97 Å². The van der Waals surface area contributed by atoms with Crippen LogP contribution in [0.4, 0.5) is 5.69 Å². The highest BCUT2D eigenvalue weighted by Gasteiger charge is 2.38. The number of para-hydroxylation sites is 1. The van der Waals surface area contributed by atoms with Crippen molar-refractivity contribution in [2.45, 2.75) is 19.3 Å². The third-order valence-corrected chi connectivity index (χ3v) is 5.03. The van der Waals surface area contributed by atoms with Crippen LogP contribution in [0.2, 0.25) is 0 Å². The largest absolute Gasteiger partial charge is 0.497 e. The summed E-state index contributed by atoms with van der Waals surface area (Å²) in [7, 11) is 3.50. The van der Waals surface area contributed by atoms with Gasteiger partial charge in [-0.3, -0.25) is 4.79 Å². The molecule has 1 aliphatic rings. The fraction of sp³-hybridized carbons (Fsp3) is 0.304. The van der Waals surface area contributed by atoms with Crippen LogP contribution >= 0.6 is 0 Å². The summed E-state index contributed by atoms with van der Waals surface area (Å²) in [5.74, 6) is 0.337. The lowest BCUT2D eigenvalue weighted by Gasteiger charge is -2.23. The Hall–Kier alpha value is -3.28. The van der Waals surface area contributed by atoms with E-state index >= 15 is 0 Å². The number of benzene rings is 2. The zero-order valence-electron chi connectivity index (χ0n) is 17.1. The highest BCUT2D eigenvalue weighted by molar-refractivity contribution is 5.94. The minimum Gasteiger partial charge on any atom is -0.497 e. The molecule has 1 aliphatic heterocycles. The Kier molecular flexibility index (Phi) is 5.92. The lowest BCUT2D eigenvalue weighted by molar-refractivity contribution is -0.148. The number of ether oxygens (including phenoxy) is 3. The Labute approximate surface area is 170 Å². The van der Waals surface area contributed by atoms with Crippen LogP contribution < -0.4 is 14.4 Å². The zero-order chi connectivity index (χ0) is 21.0. The molecule has 152 valence electrons. The number of esters is 1. The lowest BCUT2D eigenvalue weighted by Crippen LogP contribution is -2.25. The van der Waals surface area contributed by atoms with Gasteiger partial charge in [0.1, 0.15) is 11.5 Å². The molecular weight excluding hydrogens is 370 g/mol. The minimum atomic E-state index is -0.602. The number of carbonyl (C=O) groups is 2. The first-order valence-electron chi connectivity index (χ1n) is 9.33. The monoisotopic (exact) mass is 395 g/mol. The van der Waals surface area contributed by atoms with Crippen LogP contribution in [0.3, 0.4) is 0 Å². The number of methoxy groups -OCH3 is 1. The standard InChI is InChI=1S/C23H25NO5/c1-23(2)19-7-5-6-8-20(19)24(3)21(23)13-16(25)14-29-22(26)15-28-18-11-9-17(27-4)10-12-18/h5-13H,14-15H2,1-4H3. The van der Waals surface area contributed by atoms with Crippen molar-refractivity contribution in [1.29, 1.82) is 0 Å². The average molecular weight is 395 g/mol. The zero-order valence-corrected chi connectivity index (χ0v) is 17.1. The Balaban J connectivity index is 1.54. The second kappa shape index (κ2) is 8.39. The number of rotatable bonds is 7. The highest BCUT2D eigenvalue weighted by atomic mass is 16.6. The summed E-state index contributed by atoms with van der Waals surface area (Å²) in [5.41, 5.74) is 2.80. The van der Waals surface area contributed by atoms with Crippen LogP contribution in [0.15, 0.2) is 60.3 Å². The summed E-state index contributed by atoms with van der Waals surface area (Å²) >= 11 is 0. The summed E-state index contributed by atoms with van der Waals surface area (Å²) in [5, 5.41) is 0. The predicted molar refractivity (Wildman–Crippen MR) is 110 cm³/mol. The van der Waals surface area contributed by atoms with Crippen molar-refractivity contribution in [3.63, 3.8) is 0 Å². The normalized spacial score (nSPS) is 15.7. The molecule has 29 heavy (non-hydrogen) atoms. The van der Waals surface area contributed by atoms with E-state index in [0.717, 1.165) is 16.9 Å². The first kappa shape index (κ1) is 20.5. The van der Waals surface area contributed by atoms with E-state index in [-0.39, 0.29) is 24.4 Å². The molecule has 0 unspecified atom stereocenters. The lowest BCUT2D eigenvalue weighted by atomic mass is 9.83. The van der Waals surface area contributed by atoms with Crippen molar-refractivity contribution >= 4 is 17.4 Å². The van der Waals surface area contributed by atoms with Gasteiger partial charge in [0.15, 0.2) is 19.0 Å². The third-order valence-electron chi connectivity index (χ3n) is 5.03. The van der Waals surface area contributed by atoms with Gasteiger partial charge in [0, 0.05) is 29.9 Å². The maximum atomic E-state index is 12.4. The Morgan fingerprint density at radius 3 is 2.31 bits per heavy atom. The average Bonchev–Trinajstić information content (AvgIpc) is 2.92. The van der Waals surface area contributed by atoms with Gasteiger partial charge in [0.05, 0.1) is 7.11 Å². The molecular formula is C23H25NO5. The van der Waals surface area contributed by atoms with Gasteiger partial charge in [0.25, 0.3) is 0 Å². The van der Waals surface area contributed by atoms with Gasteiger partial charge in [0.2, 0.25) is 0 Å². The number of carbonyl (C=O) groups excluding carboxylic acids is 2. The number of hydrogen-bond acceptors (Lipinski definition) is 6. The fourth-order valence-electron chi connectivity index (χ4n) is 3.46. The number of anilines is 1. The summed E-state index contributed by atoms with van der Waals surface area (Å²) in [4.78, 5) is 26.3. The van der Waals surface area contributed by atoms with Crippen molar-refractivity contribution in [2.24, 2.45) is 0 Å². The molecule has 0 spiro atoms. The Morgan fingerprint density at radius 1 is 1.00 bits per heavy atom. The van der Waals surface area contributed by atoms with Crippen molar-refractivity contribution in [3.05, 3.63) is 65.9 Å². The van der Waals surface area contributed by atoms with Gasteiger partial charge in [-0.2, -0.15) is 0 Å². The van der Waals surface area contributed by atoms with E-state index in [1.807, 2.05) is 30.1 Å². The molecule has 0 bridgehead atoms. The van der Waals surface area contributed by atoms with Crippen molar-refractivity contribution < 1.29 is 23.8 Å². The first-order chi connectivity index (χ1) is 13.8. The van der Waals surface area contributed by atoms with E-state index in [1.165, 1.54) is 0 Å². The van der Waals surface area contributed by atoms with Crippen molar-refractivity contribution in [2.75, 3.05) is 32.3 Å². The summed E-state index contributed by atoms with van der Waals surface area (Å²) in [6.07, 6.45) is 1.55. The predicted octanol–water partition coefficient (Wildman–Crippen LogP) is 3.50. The molecule has 0 fully saturated rings. The SMILES string of the molecule is COc1ccc(OCC(=O)OCC(=O)C=C2N(C)c3ccccc3C2(C)C)cc1. The molecule has 1 heterocycles. The van der Waals surface area contributed by atoms with E-state index in [2.05, 4.69) is 19.9 Å². The van der Waals surface area contributed by atoms with Crippen LogP contribution in [0.5, 0.6) is 11.5 Å².